The molecule has 0 aliphatic heterocycles. The number of nitrogens with zero attached hydrogens (tertiary/aromatic N) is 3. The Morgan fingerprint density at radius 2 is 1.74 bits per heavy atom. The first-order chi connectivity index (χ1) is 18.5. The number of carbonyl (C=O) groups excluding carboxylic acids is 2. The Kier molecular flexibility index (Phi) is 9.98. The highest BCUT2D eigenvalue weighted by Gasteiger charge is 2.24. The molecule has 210 valence electrons. The Balaban J connectivity index is 1.83. The number of hydrogen-bond acceptors (Lipinski definition) is 5. The van der Waals surface area contributed by atoms with Gasteiger partial charge in [0, 0.05) is 18.0 Å². The zero-order valence-corrected chi connectivity index (χ0v) is 24.1. The molecule has 0 aliphatic rings. The summed E-state index contributed by atoms with van der Waals surface area (Å²) in [6, 6.07) is 16.2. The van der Waals surface area contributed by atoms with Gasteiger partial charge in [0.05, 0.1) is 30.8 Å². The average Bonchev–Trinajstić information content (AvgIpc) is 3.32. The van der Waals surface area contributed by atoms with Crippen LogP contribution in [0.15, 0.2) is 54.6 Å². The van der Waals surface area contributed by atoms with E-state index in [4.69, 9.17) is 14.6 Å². The van der Waals surface area contributed by atoms with Crippen molar-refractivity contribution in [2.75, 3.05) is 37.4 Å². The van der Waals surface area contributed by atoms with Gasteiger partial charge in [-0.1, -0.05) is 46.8 Å². The van der Waals surface area contributed by atoms with Crippen molar-refractivity contribution < 1.29 is 19.1 Å². The number of amides is 3. The minimum Gasteiger partial charge on any atom is -0.497 e. The van der Waals surface area contributed by atoms with E-state index in [0.29, 0.717) is 36.3 Å². The second kappa shape index (κ2) is 13.2. The molecular weight excluding hydrogens is 494 g/mol. The lowest BCUT2D eigenvalue weighted by Gasteiger charge is -2.24. The molecule has 0 radical (unpaired) electrons. The maximum absolute atomic E-state index is 13.3. The fraction of sp³-hybridized carbons (Fsp3) is 0.433. The van der Waals surface area contributed by atoms with E-state index in [1.807, 2.05) is 49.4 Å². The molecule has 9 nitrogen and oxygen atoms in total. The fourth-order valence-corrected chi connectivity index (χ4v) is 3.82. The summed E-state index contributed by atoms with van der Waals surface area (Å²) < 4.78 is 12.6. The zero-order chi connectivity index (χ0) is 28.6. The van der Waals surface area contributed by atoms with E-state index in [2.05, 4.69) is 45.3 Å². The second-order valence-electron chi connectivity index (χ2n) is 10.8. The van der Waals surface area contributed by atoms with Crippen molar-refractivity contribution in [1.29, 1.82) is 0 Å². The summed E-state index contributed by atoms with van der Waals surface area (Å²) >= 11 is 0. The third-order valence-corrected chi connectivity index (χ3v) is 6.09. The van der Waals surface area contributed by atoms with Gasteiger partial charge in [0.2, 0.25) is 5.91 Å². The van der Waals surface area contributed by atoms with Crippen LogP contribution in [0.5, 0.6) is 11.5 Å². The first kappa shape index (κ1) is 29.5. The van der Waals surface area contributed by atoms with Crippen molar-refractivity contribution in [2.45, 2.75) is 53.4 Å². The monoisotopic (exact) mass is 535 g/mol. The van der Waals surface area contributed by atoms with Crippen LogP contribution >= 0.6 is 0 Å². The molecule has 1 heterocycles. The van der Waals surface area contributed by atoms with Gasteiger partial charge in [0.25, 0.3) is 0 Å². The highest BCUT2D eigenvalue weighted by molar-refractivity contribution is 5.97. The van der Waals surface area contributed by atoms with E-state index in [9.17, 15) is 9.59 Å². The Labute approximate surface area is 231 Å². The Bertz CT molecular complexity index is 1240. The smallest absolute Gasteiger partial charge is 0.322 e. The summed E-state index contributed by atoms with van der Waals surface area (Å²) in [6.45, 7) is 13.0. The van der Waals surface area contributed by atoms with Crippen molar-refractivity contribution >= 4 is 23.4 Å². The summed E-state index contributed by atoms with van der Waals surface area (Å²) in [6.07, 6.45) is 0.756. The summed E-state index contributed by atoms with van der Waals surface area (Å²) in [5, 5.41) is 10.7. The Morgan fingerprint density at radius 1 is 1.05 bits per heavy atom. The number of para-hydroxylation sites is 2. The standard InChI is InChI=1S/C30H41N5O4/c1-8-39-25-12-10-9-11-24(25)31-29(37)34(18-17-21(2)3)20-28(36)32-27-19-26(30(4,5)6)33-35(27)22-13-15-23(38-7)16-14-22/h9-16,19,21H,8,17-18,20H2,1-7H3,(H,31,37)(H,32,36). The number of anilines is 2. The lowest BCUT2D eigenvalue weighted by atomic mass is 9.92. The second-order valence-corrected chi connectivity index (χ2v) is 10.8. The third kappa shape index (κ3) is 8.24. The Morgan fingerprint density at radius 3 is 2.36 bits per heavy atom. The average molecular weight is 536 g/mol. The Hall–Kier alpha value is -4.01. The maximum atomic E-state index is 13.3. The molecular formula is C30H41N5O4. The number of ether oxygens (including phenoxy) is 2. The van der Waals surface area contributed by atoms with Gasteiger partial charge in [-0.25, -0.2) is 9.48 Å². The molecule has 39 heavy (non-hydrogen) atoms. The van der Waals surface area contributed by atoms with E-state index in [-0.39, 0.29) is 23.9 Å². The van der Waals surface area contributed by atoms with Crippen molar-refractivity contribution in [3.05, 3.63) is 60.3 Å². The van der Waals surface area contributed by atoms with E-state index in [1.165, 1.54) is 4.90 Å². The first-order valence-corrected chi connectivity index (χ1v) is 13.3. The molecule has 3 rings (SSSR count). The van der Waals surface area contributed by atoms with Crippen LogP contribution in [0.25, 0.3) is 5.69 Å². The van der Waals surface area contributed by atoms with Gasteiger partial charge in [-0.2, -0.15) is 5.10 Å². The molecule has 0 unspecified atom stereocenters. The third-order valence-electron chi connectivity index (χ3n) is 6.09. The van der Waals surface area contributed by atoms with Crippen LogP contribution in [0.2, 0.25) is 0 Å². The van der Waals surface area contributed by atoms with Crippen LogP contribution in [0.1, 0.15) is 53.7 Å². The number of aromatic nitrogens is 2. The predicted molar refractivity (Wildman–Crippen MR) is 155 cm³/mol. The molecule has 3 aromatic rings. The van der Waals surface area contributed by atoms with Gasteiger partial charge in [0.15, 0.2) is 0 Å². The molecule has 0 spiro atoms. The molecule has 1 aromatic heterocycles. The number of hydrogen-bond donors (Lipinski definition) is 2. The molecule has 0 saturated carbocycles. The first-order valence-electron chi connectivity index (χ1n) is 13.3. The number of urea groups is 1. The van der Waals surface area contributed by atoms with Crippen LogP contribution in [-0.4, -0.2) is 53.4 Å². The van der Waals surface area contributed by atoms with E-state index < -0.39 is 0 Å². The number of rotatable bonds is 11. The molecule has 0 fully saturated rings. The van der Waals surface area contributed by atoms with Crippen LogP contribution in [0.4, 0.5) is 16.3 Å². The predicted octanol–water partition coefficient (Wildman–Crippen LogP) is 6.10. The summed E-state index contributed by atoms with van der Waals surface area (Å²) in [5.74, 6) is 1.89. The van der Waals surface area contributed by atoms with Crippen LogP contribution in [0.3, 0.4) is 0 Å². The zero-order valence-electron chi connectivity index (χ0n) is 24.1. The molecule has 0 bridgehead atoms. The van der Waals surface area contributed by atoms with Gasteiger partial charge >= 0.3 is 6.03 Å². The van der Waals surface area contributed by atoms with Gasteiger partial charge in [0.1, 0.15) is 23.9 Å². The minimum absolute atomic E-state index is 0.117. The lowest BCUT2D eigenvalue weighted by Crippen LogP contribution is -2.41. The largest absolute Gasteiger partial charge is 0.497 e. The molecule has 0 saturated heterocycles. The van der Waals surface area contributed by atoms with Crippen molar-refractivity contribution in [3.8, 4) is 17.2 Å². The number of benzene rings is 2. The molecule has 9 heteroatoms. The highest BCUT2D eigenvalue weighted by Crippen LogP contribution is 2.27. The molecule has 3 amide bonds. The quantitative estimate of drug-likeness (QED) is 0.309. The SMILES string of the molecule is CCOc1ccccc1NC(=O)N(CCC(C)C)CC(=O)Nc1cc(C(C)(C)C)nn1-c1ccc(OC)cc1. The van der Waals surface area contributed by atoms with Gasteiger partial charge < -0.3 is 25.0 Å². The van der Waals surface area contributed by atoms with E-state index in [1.54, 1.807) is 23.9 Å². The molecule has 0 aliphatic carbocycles. The van der Waals surface area contributed by atoms with Crippen molar-refractivity contribution in [2.24, 2.45) is 5.92 Å². The number of methoxy groups -OCH3 is 1. The van der Waals surface area contributed by atoms with Crippen molar-refractivity contribution in [1.82, 2.24) is 14.7 Å². The molecule has 0 atom stereocenters. The maximum Gasteiger partial charge on any atom is 0.322 e. The summed E-state index contributed by atoms with van der Waals surface area (Å²) in [4.78, 5) is 28.1. The fourth-order valence-electron chi connectivity index (χ4n) is 3.82. The van der Waals surface area contributed by atoms with Crippen LogP contribution < -0.4 is 20.1 Å². The van der Waals surface area contributed by atoms with Crippen LogP contribution in [0, 0.1) is 5.92 Å². The molecule has 2 aromatic carbocycles. The van der Waals surface area contributed by atoms with Gasteiger partial charge in [-0.3, -0.25) is 4.79 Å². The van der Waals surface area contributed by atoms with E-state index in [0.717, 1.165) is 23.6 Å². The van der Waals surface area contributed by atoms with Gasteiger partial charge in [-0.05, 0) is 55.7 Å². The molecule has 2 N–H and O–H groups in total. The van der Waals surface area contributed by atoms with Gasteiger partial charge in [-0.15, -0.1) is 0 Å². The normalized spacial score (nSPS) is 11.3. The number of carbonyl (C=O) groups is 2. The summed E-state index contributed by atoms with van der Waals surface area (Å²) in [7, 11) is 1.61. The van der Waals surface area contributed by atoms with Crippen molar-refractivity contribution in [3.63, 3.8) is 0 Å². The topological polar surface area (TPSA) is 97.7 Å². The van der Waals surface area contributed by atoms with Crippen LogP contribution in [-0.2, 0) is 10.2 Å². The minimum atomic E-state index is -0.364. The van der Waals surface area contributed by atoms with E-state index >= 15 is 0 Å². The highest BCUT2D eigenvalue weighted by atomic mass is 16.5. The summed E-state index contributed by atoms with van der Waals surface area (Å²) in [5.41, 5.74) is 1.94. The number of nitrogens with one attached hydrogen (secondary N) is 2. The lowest BCUT2D eigenvalue weighted by molar-refractivity contribution is -0.116.